The molecular formula is C25H28F2N4O4. The van der Waals surface area contributed by atoms with Crippen LogP contribution in [0.15, 0.2) is 60.8 Å². The molecule has 0 aliphatic heterocycles. The van der Waals surface area contributed by atoms with E-state index >= 15 is 0 Å². The minimum atomic E-state index is -3.20. The van der Waals surface area contributed by atoms with Crippen LogP contribution in [0, 0.1) is 5.41 Å². The van der Waals surface area contributed by atoms with E-state index in [4.69, 9.17) is 4.74 Å². The molecule has 0 aliphatic rings. The zero-order valence-corrected chi connectivity index (χ0v) is 19.5. The summed E-state index contributed by atoms with van der Waals surface area (Å²) in [7, 11) is 0. The Hall–Kier alpha value is -3.66. The highest BCUT2D eigenvalue weighted by atomic mass is 19.3. The van der Waals surface area contributed by atoms with Crippen molar-refractivity contribution < 1.29 is 28.2 Å². The van der Waals surface area contributed by atoms with E-state index in [-0.39, 0.29) is 12.1 Å². The van der Waals surface area contributed by atoms with Gasteiger partial charge in [0, 0.05) is 13.0 Å². The van der Waals surface area contributed by atoms with Gasteiger partial charge in [0.1, 0.15) is 0 Å². The third-order valence-electron chi connectivity index (χ3n) is 5.52. The van der Waals surface area contributed by atoms with E-state index in [0.29, 0.717) is 13.3 Å². The van der Waals surface area contributed by atoms with E-state index in [0.717, 1.165) is 16.7 Å². The van der Waals surface area contributed by atoms with E-state index in [9.17, 15) is 23.5 Å². The molecule has 1 unspecified atom stereocenters. The Balaban J connectivity index is 1.79. The Labute approximate surface area is 201 Å². The van der Waals surface area contributed by atoms with Crippen molar-refractivity contribution in [1.29, 1.82) is 0 Å². The van der Waals surface area contributed by atoms with Gasteiger partial charge < -0.3 is 15.2 Å². The van der Waals surface area contributed by atoms with Crippen LogP contribution in [0.2, 0.25) is 0 Å². The number of aromatic nitrogens is 3. The van der Waals surface area contributed by atoms with Gasteiger partial charge in [-0.25, -0.2) is 8.78 Å². The summed E-state index contributed by atoms with van der Waals surface area (Å²) in [6.07, 6.45) is 1.58. The number of nitrogens with zero attached hydrogens (tertiary/aromatic N) is 2. The number of carbonyl (C=O) groups is 2. The number of hydrogen-bond acceptors (Lipinski definition) is 6. The molecule has 0 saturated carbocycles. The lowest BCUT2D eigenvalue weighted by Gasteiger charge is -2.30. The number of amides is 1. The number of carbonyl (C=O) groups excluding carboxylic acids is 2. The smallest absolute Gasteiger partial charge is 0.314 e. The second kappa shape index (κ2) is 11.2. The number of aliphatic hydroxyl groups is 1. The second-order valence-electron chi connectivity index (χ2n) is 8.87. The van der Waals surface area contributed by atoms with Crippen LogP contribution in [-0.4, -0.2) is 57.6 Å². The second-order valence-corrected chi connectivity index (χ2v) is 8.87. The van der Waals surface area contributed by atoms with Crippen molar-refractivity contribution in [1.82, 2.24) is 20.7 Å². The monoisotopic (exact) mass is 486 g/mol. The Bertz CT molecular complexity index is 1100. The zero-order chi connectivity index (χ0) is 25.5. The highest BCUT2D eigenvalue weighted by Gasteiger charge is 2.39. The number of halogens is 2. The minimum absolute atomic E-state index is 0.0494. The van der Waals surface area contributed by atoms with E-state index < -0.39 is 42.5 Å². The third kappa shape index (κ3) is 7.41. The van der Waals surface area contributed by atoms with E-state index in [1.54, 1.807) is 0 Å². The van der Waals surface area contributed by atoms with Gasteiger partial charge in [-0.15, -0.1) is 5.10 Å². The number of nitrogens with one attached hydrogen (secondary N) is 2. The van der Waals surface area contributed by atoms with Gasteiger partial charge in [-0.2, -0.15) is 0 Å². The zero-order valence-electron chi connectivity index (χ0n) is 19.5. The maximum Gasteiger partial charge on any atom is 0.314 e. The number of aliphatic hydroxyl groups excluding tert-OH is 1. The molecule has 3 rings (SSSR count). The molecular weight excluding hydrogens is 458 g/mol. The van der Waals surface area contributed by atoms with Crippen LogP contribution < -0.4 is 5.32 Å². The SMILES string of the molecule is CC(F)(F)COC(=O)C(C)(CO)C[C@@H](Cc1ccc(-c2ccccc2)cc1)NC(=O)c1c[nH]nn1. The predicted molar refractivity (Wildman–Crippen MR) is 125 cm³/mol. The number of ether oxygens (including phenoxy) is 1. The largest absolute Gasteiger partial charge is 0.459 e. The molecule has 3 aromatic rings. The van der Waals surface area contributed by atoms with Crippen molar-refractivity contribution in [2.24, 2.45) is 5.41 Å². The molecule has 0 bridgehead atoms. The number of hydrogen-bond donors (Lipinski definition) is 3. The Morgan fingerprint density at radius 2 is 1.74 bits per heavy atom. The summed E-state index contributed by atoms with van der Waals surface area (Å²) in [5, 5.41) is 22.4. The molecule has 3 N–H and O–H groups in total. The molecule has 1 amide bonds. The standard InChI is InChI=1S/C25H28F2N4O4/c1-24(15-32,23(34)35-16-25(2,26)27)13-20(29-22(33)21-14-28-31-30-21)12-17-8-10-19(11-9-17)18-6-4-3-5-7-18/h3-11,14,20,32H,12-13,15-16H2,1-2H3,(H,29,33)(H,28,30,31)/t20-,24?/m1/s1. The molecule has 186 valence electrons. The summed E-state index contributed by atoms with van der Waals surface area (Å²) >= 11 is 0. The maximum atomic E-state index is 13.2. The quantitative estimate of drug-likeness (QED) is 0.358. The van der Waals surface area contributed by atoms with Gasteiger partial charge in [0.05, 0.1) is 18.2 Å². The van der Waals surface area contributed by atoms with E-state index in [1.807, 2.05) is 54.6 Å². The minimum Gasteiger partial charge on any atom is -0.459 e. The van der Waals surface area contributed by atoms with Crippen molar-refractivity contribution in [3.8, 4) is 11.1 Å². The molecule has 2 aromatic carbocycles. The first-order valence-electron chi connectivity index (χ1n) is 11.1. The summed E-state index contributed by atoms with van der Waals surface area (Å²) < 4.78 is 31.2. The lowest BCUT2D eigenvalue weighted by Crippen LogP contribution is -2.45. The average molecular weight is 487 g/mol. The molecule has 0 radical (unpaired) electrons. The molecule has 10 heteroatoms. The fraction of sp³-hybridized carbons (Fsp3) is 0.360. The summed E-state index contributed by atoms with van der Waals surface area (Å²) in [5.74, 6) is -4.70. The van der Waals surface area contributed by atoms with Crippen molar-refractivity contribution in [2.45, 2.75) is 38.7 Å². The topological polar surface area (TPSA) is 117 Å². The Kier molecular flexibility index (Phi) is 8.29. The first-order chi connectivity index (χ1) is 16.6. The highest BCUT2D eigenvalue weighted by Crippen LogP contribution is 2.28. The summed E-state index contributed by atoms with van der Waals surface area (Å²) in [6.45, 7) is 0.302. The van der Waals surface area contributed by atoms with Gasteiger partial charge in [-0.05, 0) is 36.5 Å². The highest BCUT2D eigenvalue weighted by molar-refractivity contribution is 5.92. The number of rotatable bonds is 11. The molecule has 0 fully saturated rings. The van der Waals surface area contributed by atoms with Gasteiger partial charge >= 0.3 is 5.97 Å². The Morgan fingerprint density at radius 1 is 1.09 bits per heavy atom. The number of alkyl halides is 2. The van der Waals surface area contributed by atoms with Gasteiger partial charge in [-0.1, -0.05) is 59.8 Å². The average Bonchev–Trinajstić information content (AvgIpc) is 3.38. The lowest BCUT2D eigenvalue weighted by molar-refractivity contribution is -0.167. The van der Waals surface area contributed by atoms with Gasteiger partial charge in [0.2, 0.25) is 0 Å². The van der Waals surface area contributed by atoms with Crippen LogP contribution >= 0.6 is 0 Å². The van der Waals surface area contributed by atoms with Crippen LogP contribution in [0.5, 0.6) is 0 Å². The van der Waals surface area contributed by atoms with Crippen molar-refractivity contribution >= 4 is 11.9 Å². The summed E-state index contributed by atoms with van der Waals surface area (Å²) in [5.41, 5.74) is 1.47. The maximum absolute atomic E-state index is 13.2. The van der Waals surface area contributed by atoms with Gasteiger partial charge in [-0.3, -0.25) is 14.7 Å². The molecule has 0 spiro atoms. The van der Waals surface area contributed by atoms with Crippen LogP contribution in [0.25, 0.3) is 11.1 Å². The summed E-state index contributed by atoms with van der Waals surface area (Å²) in [6, 6.07) is 16.9. The van der Waals surface area contributed by atoms with Crippen molar-refractivity contribution in [3.63, 3.8) is 0 Å². The van der Waals surface area contributed by atoms with Crippen molar-refractivity contribution in [2.75, 3.05) is 13.2 Å². The Morgan fingerprint density at radius 3 is 2.31 bits per heavy atom. The molecule has 2 atom stereocenters. The molecule has 35 heavy (non-hydrogen) atoms. The number of benzene rings is 2. The predicted octanol–water partition coefficient (Wildman–Crippen LogP) is 3.40. The van der Waals surface area contributed by atoms with Crippen molar-refractivity contribution in [3.05, 3.63) is 72.1 Å². The first kappa shape index (κ1) is 26.0. The molecule has 8 nitrogen and oxygen atoms in total. The lowest BCUT2D eigenvalue weighted by atomic mass is 9.82. The van der Waals surface area contributed by atoms with Crippen LogP contribution in [0.1, 0.15) is 36.3 Å². The fourth-order valence-corrected chi connectivity index (χ4v) is 3.62. The molecule has 0 aliphatic carbocycles. The third-order valence-corrected chi connectivity index (χ3v) is 5.52. The first-order valence-corrected chi connectivity index (χ1v) is 11.1. The van der Waals surface area contributed by atoms with Gasteiger partial charge in [0.25, 0.3) is 11.8 Å². The normalized spacial score (nSPS) is 14.1. The fourth-order valence-electron chi connectivity index (χ4n) is 3.62. The van der Waals surface area contributed by atoms with Crippen LogP contribution in [-0.2, 0) is 16.0 Å². The molecule has 0 saturated heterocycles. The van der Waals surface area contributed by atoms with E-state index in [2.05, 4.69) is 20.7 Å². The van der Waals surface area contributed by atoms with E-state index in [1.165, 1.54) is 13.1 Å². The molecule has 1 aromatic heterocycles. The number of H-pyrrole nitrogens is 1. The number of esters is 1. The van der Waals surface area contributed by atoms with Crippen LogP contribution in [0.4, 0.5) is 8.78 Å². The molecule has 1 heterocycles. The number of aromatic amines is 1. The summed E-state index contributed by atoms with van der Waals surface area (Å²) in [4.78, 5) is 25.2. The van der Waals surface area contributed by atoms with Crippen LogP contribution in [0.3, 0.4) is 0 Å². The van der Waals surface area contributed by atoms with Gasteiger partial charge in [0.15, 0.2) is 12.3 Å².